The molecular weight excluding hydrogens is 523 g/mol. The van der Waals surface area contributed by atoms with Gasteiger partial charge in [-0.1, -0.05) is 38.1 Å². The van der Waals surface area contributed by atoms with Gasteiger partial charge in [-0.25, -0.2) is 4.79 Å². The molecule has 9 heteroatoms. The molecule has 1 heterocycles. The van der Waals surface area contributed by atoms with Gasteiger partial charge in [-0.3, -0.25) is 4.79 Å². The first kappa shape index (κ1) is 28.7. The largest absolute Gasteiger partial charge is 0.466 e. The Morgan fingerprint density at radius 3 is 2.10 bits per heavy atom. The standard InChI is InChI=1S/C31H30F3NO5/c1-5-38-26(36)17-24-29(30(37)39-6-2)28-23(35-24)15-16-25(27(28)20-9-7-19(8-10-20)18(3)4)40-22-13-11-21(12-14-22)31(32,33)34/h7-16,18,35H,5-6,17H2,1-4H3. The summed E-state index contributed by atoms with van der Waals surface area (Å²) in [5.41, 5.74) is 2.61. The van der Waals surface area contributed by atoms with E-state index in [1.165, 1.54) is 12.1 Å². The molecule has 3 aromatic carbocycles. The number of aromatic amines is 1. The monoisotopic (exact) mass is 553 g/mol. The highest BCUT2D eigenvalue weighted by Gasteiger charge is 2.30. The molecule has 0 amide bonds. The van der Waals surface area contributed by atoms with E-state index in [4.69, 9.17) is 14.2 Å². The molecular formula is C31H30F3NO5. The van der Waals surface area contributed by atoms with Crippen LogP contribution in [0.3, 0.4) is 0 Å². The van der Waals surface area contributed by atoms with Crippen LogP contribution in [0.1, 0.15) is 60.8 Å². The van der Waals surface area contributed by atoms with Crippen molar-refractivity contribution < 1.29 is 37.0 Å². The number of hydrogen-bond donors (Lipinski definition) is 1. The quantitative estimate of drug-likeness (QED) is 0.212. The van der Waals surface area contributed by atoms with E-state index in [1.54, 1.807) is 26.0 Å². The fraction of sp³-hybridized carbons (Fsp3) is 0.290. The predicted octanol–water partition coefficient (Wildman–Crippen LogP) is 8.05. The van der Waals surface area contributed by atoms with Crippen molar-refractivity contribution in [1.29, 1.82) is 0 Å². The summed E-state index contributed by atoms with van der Waals surface area (Å²) in [6.45, 7) is 7.82. The molecule has 0 aliphatic carbocycles. The van der Waals surface area contributed by atoms with Gasteiger partial charge < -0.3 is 19.2 Å². The number of nitrogens with one attached hydrogen (secondary N) is 1. The molecule has 0 aliphatic heterocycles. The Balaban J connectivity index is 1.94. The average molecular weight is 554 g/mol. The predicted molar refractivity (Wildman–Crippen MR) is 146 cm³/mol. The third-order valence-corrected chi connectivity index (χ3v) is 6.39. The number of rotatable bonds is 9. The lowest BCUT2D eigenvalue weighted by Gasteiger charge is -2.16. The second-order valence-electron chi connectivity index (χ2n) is 9.44. The van der Waals surface area contributed by atoms with Gasteiger partial charge in [0.25, 0.3) is 0 Å². The van der Waals surface area contributed by atoms with Gasteiger partial charge in [0.2, 0.25) is 0 Å². The van der Waals surface area contributed by atoms with Crippen LogP contribution in [0.2, 0.25) is 0 Å². The third-order valence-electron chi connectivity index (χ3n) is 6.39. The first-order valence-corrected chi connectivity index (χ1v) is 13.0. The molecule has 0 saturated heterocycles. The molecule has 210 valence electrons. The number of hydrogen-bond acceptors (Lipinski definition) is 5. The summed E-state index contributed by atoms with van der Waals surface area (Å²) >= 11 is 0. The molecule has 0 atom stereocenters. The van der Waals surface area contributed by atoms with Crippen LogP contribution in [0, 0.1) is 0 Å². The minimum absolute atomic E-state index is 0.116. The van der Waals surface area contributed by atoms with E-state index in [-0.39, 0.29) is 36.9 Å². The van der Waals surface area contributed by atoms with Crippen molar-refractivity contribution in [1.82, 2.24) is 4.98 Å². The Hall–Kier alpha value is -4.27. The molecule has 0 radical (unpaired) electrons. The van der Waals surface area contributed by atoms with Gasteiger partial charge in [-0.2, -0.15) is 13.2 Å². The van der Waals surface area contributed by atoms with Gasteiger partial charge in [0.05, 0.1) is 30.8 Å². The normalized spacial score (nSPS) is 11.6. The number of alkyl halides is 3. The number of aromatic nitrogens is 1. The van der Waals surface area contributed by atoms with E-state index in [2.05, 4.69) is 18.8 Å². The third kappa shape index (κ3) is 6.14. The lowest BCUT2D eigenvalue weighted by atomic mass is 9.94. The topological polar surface area (TPSA) is 77.6 Å². The Morgan fingerprint density at radius 1 is 0.875 bits per heavy atom. The van der Waals surface area contributed by atoms with Gasteiger partial charge >= 0.3 is 18.1 Å². The molecule has 40 heavy (non-hydrogen) atoms. The molecule has 0 spiro atoms. The van der Waals surface area contributed by atoms with Gasteiger partial charge in [-0.15, -0.1) is 0 Å². The molecule has 0 aliphatic rings. The molecule has 0 bridgehead atoms. The van der Waals surface area contributed by atoms with Crippen LogP contribution in [-0.4, -0.2) is 30.1 Å². The van der Waals surface area contributed by atoms with Crippen molar-refractivity contribution in [3.8, 4) is 22.6 Å². The average Bonchev–Trinajstić information content (AvgIpc) is 3.26. The molecule has 0 fully saturated rings. The maximum Gasteiger partial charge on any atom is 0.416 e. The van der Waals surface area contributed by atoms with Crippen molar-refractivity contribution in [2.24, 2.45) is 0 Å². The summed E-state index contributed by atoms with van der Waals surface area (Å²) in [5, 5.41) is 0.472. The van der Waals surface area contributed by atoms with Crippen LogP contribution in [-0.2, 0) is 26.9 Å². The van der Waals surface area contributed by atoms with Gasteiger partial charge in [-0.05, 0) is 67.3 Å². The van der Waals surface area contributed by atoms with E-state index in [1.807, 2.05) is 24.3 Å². The van der Waals surface area contributed by atoms with Crippen LogP contribution in [0.25, 0.3) is 22.0 Å². The first-order valence-electron chi connectivity index (χ1n) is 13.0. The number of H-pyrrole nitrogens is 1. The second kappa shape index (κ2) is 11.9. The number of ether oxygens (including phenoxy) is 3. The van der Waals surface area contributed by atoms with Crippen LogP contribution >= 0.6 is 0 Å². The van der Waals surface area contributed by atoms with Gasteiger partial charge in [0.1, 0.15) is 11.5 Å². The maximum atomic E-state index is 13.3. The van der Waals surface area contributed by atoms with E-state index >= 15 is 0 Å². The molecule has 6 nitrogen and oxygen atoms in total. The second-order valence-corrected chi connectivity index (χ2v) is 9.44. The highest BCUT2D eigenvalue weighted by Crippen LogP contribution is 2.43. The van der Waals surface area contributed by atoms with Crippen LogP contribution < -0.4 is 4.74 Å². The summed E-state index contributed by atoms with van der Waals surface area (Å²) in [6, 6.07) is 15.5. The first-order chi connectivity index (χ1) is 19.0. The van der Waals surface area contributed by atoms with Crippen molar-refractivity contribution in [3.63, 3.8) is 0 Å². The van der Waals surface area contributed by atoms with Crippen molar-refractivity contribution in [2.75, 3.05) is 13.2 Å². The number of carbonyl (C=O) groups is 2. The van der Waals surface area contributed by atoms with E-state index < -0.39 is 23.7 Å². The zero-order valence-corrected chi connectivity index (χ0v) is 22.6. The Kier molecular flexibility index (Phi) is 8.52. The number of halogens is 3. The van der Waals surface area contributed by atoms with E-state index in [0.717, 1.165) is 17.7 Å². The highest BCUT2D eigenvalue weighted by atomic mass is 19.4. The Morgan fingerprint density at radius 2 is 1.52 bits per heavy atom. The fourth-order valence-electron chi connectivity index (χ4n) is 4.49. The van der Waals surface area contributed by atoms with Crippen LogP contribution in [0.5, 0.6) is 11.5 Å². The fourth-order valence-corrected chi connectivity index (χ4v) is 4.49. The van der Waals surface area contributed by atoms with Gasteiger partial charge in [0, 0.05) is 22.2 Å². The van der Waals surface area contributed by atoms with Crippen molar-refractivity contribution >= 4 is 22.8 Å². The van der Waals surface area contributed by atoms with Crippen molar-refractivity contribution in [3.05, 3.63) is 83.0 Å². The number of benzene rings is 3. The lowest BCUT2D eigenvalue weighted by Crippen LogP contribution is -2.13. The molecule has 4 rings (SSSR count). The van der Waals surface area contributed by atoms with Crippen molar-refractivity contribution in [2.45, 2.75) is 46.2 Å². The summed E-state index contributed by atoms with van der Waals surface area (Å²) in [7, 11) is 0. The molecule has 0 unspecified atom stereocenters. The number of carbonyl (C=O) groups excluding carboxylic acids is 2. The maximum absolute atomic E-state index is 13.3. The zero-order chi connectivity index (χ0) is 29.0. The Labute approximate surface area is 230 Å². The summed E-state index contributed by atoms with van der Waals surface area (Å²) in [4.78, 5) is 28.8. The van der Waals surface area contributed by atoms with Crippen LogP contribution in [0.15, 0.2) is 60.7 Å². The smallest absolute Gasteiger partial charge is 0.416 e. The molecule has 1 aromatic heterocycles. The summed E-state index contributed by atoms with van der Waals surface area (Å²) in [5.74, 6) is -0.348. The van der Waals surface area contributed by atoms with Gasteiger partial charge in [0.15, 0.2) is 0 Å². The highest BCUT2D eigenvalue weighted by molar-refractivity contribution is 6.13. The zero-order valence-electron chi connectivity index (χ0n) is 22.6. The van der Waals surface area contributed by atoms with E-state index in [9.17, 15) is 22.8 Å². The minimum atomic E-state index is -4.48. The molecule has 0 saturated carbocycles. The summed E-state index contributed by atoms with van der Waals surface area (Å²) in [6.07, 6.45) is -4.66. The molecule has 1 N–H and O–H groups in total. The number of esters is 2. The Bertz CT molecular complexity index is 1500. The lowest BCUT2D eigenvalue weighted by molar-refractivity contribution is -0.142. The minimum Gasteiger partial charge on any atom is -0.466 e. The SMILES string of the molecule is CCOC(=O)Cc1[nH]c2ccc(Oc3ccc(C(F)(F)F)cc3)c(-c3ccc(C(C)C)cc3)c2c1C(=O)OCC. The number of fused-ring (bicyclic) bond motifs is 1. The van der Waals surface area contributed by atoms with E-state index in [0.29, 0.717) is 33.5 Å². The molecule has 4 aromatic rings. The summed E-state index contributed by atoms with van der Waals surface area (Å²) < 4.78 is 55.9. The van der Waals surface area contributed by atoms with Crippen LogP contribution in [0.4, 0.5) is 13.2 Å².